The number of carboxylic acid groups (broad SMARTS) is 1. The molecule has 2 atom stereocenters. The van der Waals surface area contributed by atoms with Gasteiger partial charge >= 0.3 is 18.2 Å². The number of hydrogen-bond acceptors (Lipinski definition) is 4. The molecule has 0 bridgehead atoms. The number of rotatable bonds is 5. The highest BCUT2D eigenvalue weighted by molar-refractivity contribution is 5.81. The topological polar surface area (TPSA) is 95.9 Å². The summed E-state index contributed by atoms with van der Waals surface area (Å²) in [4.78, 5) is 22.9. The van der Waals surface area contributed by atoms with E-state index in [2.05, 4.69) is 0 Å². The Hall–Kier alpha value is -3.07. The number of alkyl carbamates (subject to hydrolysis) is 1. The fourth-order valence-electron chi connectivity index (χ4n) is 3.23. The molecular formula is C19H16F3NO5. The minimum atomic E-state index is -5.21. The molecule has 0 saturated carbocycles. The zero-order valence-electron chi connectivity index (χ0n) is 14.3. The largest absolute Gasteiger partial charge is 0.480 e. The molecule has 2 aromatic rings. The van der Waals surface area contributed by atoms with Crippen molar-refractivity contribution in [3.8, 4) is 11.1 Å². The summed E-state index contributed by atoms with van der Waals surface area (Å²) < 4.78 is 42.7. The molecule has 28 heavy (non-hydrogen) atoms. The monoisotopic (exact) mass is 395 g/mol. The predicted molar refractivity (Wildman–Crippen MR) is 91.7 cm³/mol. The molecule has 0 aromatic heterocycles. The molecule has 1 aliphatic rings. The summed E-state index contributed by atoms with van der Waals surface area (Å²) in [6.07, 6.45) is -9.83. The van der Waals surface area contributed by atoms with Crippen molar-refractivity contribution < 1.29 is 37.7 Å². The van der Waals surface area contributed by atoms with Crippen LogP contribution in [0.15, 0.2) is 48.5 Å². The van der Waals surface area contributed by atoms with Gasteiger partial charge in [0, 0.05) is 5.92 Å². The average molecular weight is 395 g/mol. The molecule has 2 aromatic carbocycles. The maximum Gasteiger partial charge on any atom is 0.416 e. The van der Waals surface area contributed by atoms with Crippen molar-refractivity contribution in [2.24, 2.45) is 0 Å². The number of ether oxygens (including phenoxy) is 1. The number of carboxylic acids is 1. The van der Waals surface area contributed by atoms with Crippen LogP contribution >= 0.6 is 0 Å². The van der Waals surface area contributed by atoms with Gasteiger partial charge in [0.1, 0.15) is 6.61 Å². The Morgan fingerprint density at radius 3 is 2.00 bits per heavy atom. The number of hydrogen-bond donors (Lipinski definition) is 3. The minimum absolute atomic E-state index is 0.200. The van der Waals surface area contributed by atoms with Crippen molar-refractivity contribution in [1.29, 1.82) is 0 Å². The van der Waals surface area contributed by atoms with Gasteiger partial charge in [-0.05, 0) is 22.3 Å². The first-order chi connectivity index (χ1) is 13.2. The van der Waals surface area contributed by atoms with E-state index in [4.69, 9.17) is 14.9 Å². The molecule has 0 fully saturated rings. The summed E-state index contributed by atoms with van der Waals surface area (Å²) in [6, 6.07) is 12.3. The molecule has 6 nitrogen and oxygen atoms in total. The van der Waals surface area contributed by atoms with E-state index >= 15 is 0 Å². The van der Waals surface area contributed by atoms with E-state index in [1.165, 1.54) is 0 Å². The summed E-state index contributed by atoms with van der Waals surface area (Å²) in [5.41, 5.74) is 3.70. The summed E-state index contributed by atoms with van der Waals surface area (Å²) in [7, 11) is 0. The van der Waals surface area contributed by atoms with Gasteiger partial charge in [-0.3, -0.25) is 0 Å². The van der Waals surface area contributed by atoms with Crippen LogP contribution in [0.2, 0.25) is 0 Å². The molecule has 0 spiro atoms. The zero-order chi connectivity index (χ0) is 20.5. The first-order valence-electron chi connectivity index (χ1n) is 8.29. The van der Waals surface area contributed by atoms with Crippen LogP contribution in [0.1, 0.15) is 17.0 Å². The number of alkyl halides is 3. The molecular weight excluding hydrogens is 379 g/mol. The molecule has 3 rings (SSSR count). The number of aliphatic hydroxyl groups is 1. The lowest BCUT2D eigenvalue weighted by Gasteiger charge is -2.22. The number of amides is 1. The van der Waals surface area contributed by atoms with E-state index in [0.29, 0.717) is 0 Å². The summed E-state index contributed by atoms with van der Waals surface area (Å²) in [6.45, 7) is -0.200. The number of nitrogens with one attached hydrogen (secondary N) is 1. The van der Waals surface area contributed by atoms with Gasteiger partial charge in [-0.25, -0.2) is 9.59 Å². The lowest BCUT2D eigenvalue weighted by molar-refractivity contribution is -0.214. The van der Waals surface area contributed by atoms with Gasteiger partial charge in [0.25, 0.3) is 0 Å². The fraction of sp³-hybridized carbons (Fsp3) is 0.263. The Morgan fingerprint density at radius 1 is 1.04 bits per heavy atom. The summed E-state index contributed by atoms with van der Waals surface area (Å²) in [5.74, 6) is -2.37. The molecule has 148 valence electrons. The lowest BCUT2D eigenvalue weighted by Crippen LogP contribution is -2.54. The summed E-state index contributed by atoms with van der Waals surface area (Å²) in [5, 5.41) is 19.6. The van der Waals surface area contributed by atoms with Crippen molar-refractivity contribution in [1.82, 2.24) is 5.32 Å². The second-order valence-electron chi connectivity index (χ2n) is 6.27. The van der Waals surface area contributed by atoms with E-state index in [0.717, 1.165) is 22.3 Å². The minimum Gasteiger partial charge on any atom is -0.480 e. The average Bonchev–Trinajstić information content (AvgIpc) is 2.97. The van der Waals surface area contributed by atoms with Crippen LogP contribution in [0, 0.1) is 0 Å². The van der Waals surface area contributed by atoms with Gasteiger partial charge in [0.05, 0.1) is 0 Å². The van der Waals surface area contributed by atoms with Crippen LogP contribution < -0.4 is 5.32 Å². The van der Waals surface area contributed by atoms with Crippen molar-refractivity contribution in [2.45, 2.75) is 24.2 Å². The van der Waals surface area contributed by atoms with E-state index in [1.54, 1.807) is 5.32 Å². The molecule has 3 N–H and O–H groups in total. The molecule has 0 unspecified atom stereocenters. The van der Waals surface area contributed by atoms with Gasteiger partial charge in [-0.1, -0.05) is 48.5 Å². The number of carbonyl (C=O) groups excluding carboxylic acids is 1. The number of fused-ring (bicyclic) bond motifs is 3. The summed E-state index contributed by atoms with van der Waals surface area (Å²) >= 11 is 0. The van der Waals surface area contributed by atoms with Crippen molar-refractivity contribution in [2.75, 3.05) is 6.61 Å². The van der Waals surface area contributed by atoms with Crippen LogP contribution in [0.3, 0.4) is 0 Å². The molecule has 0 heterocycles. The normalized spacial score (nSPS) is 15.3. The Morgan fingerprint density at radius 2 is 1.54 bits per heavy atom. The highest BCUT2D eigenvalue weighted by Crippen LogP contribution is 2.44. The maximum absolute atomic E-state index is 12.6. The smallest absolute Gasteiger partial charge is 0.416 e. The Kier molecular flexibility index (Phi) is 5.28. The molecule has 9 heteroatoms. The zero-order valence-corrected chi connectivity index (χ0v) is 14.3. The van der Waals surface area contributed by atoms with E-state index < -0.39 is 30.4 Å². The lowest BCUT2D eigenvalue weighted by atomic mass is 9.98. The third-order valence-corrected chi connectivity index (χ3v) is 4.53. The van der Waals surface area contributed by atoms with Crippen LogP contribution in [-0.4, -0.2) is 47.2 Å². The third kappa shape index (κ3) is 3.79. The van der Waals surface area contributed by atoms with Crippen LogP contribution in [0.5, 0.6) is 0 Å². The van der Waals surface area contributed by atoms with Gasteiger partial charge < -0.3 is 20.3 Å². The standard InChI is InChI=1S/C19H16F3NO5/c20-19(21,22)16(24)15(17(25)26)23-18(27)28-9-14-12-7-3-1-5-10(12)11-6-2-4-8-13(11)14/h1-8,14-16,24H,9H2,(H,23,27)(H,25,26)/t15-,16-/m0/s1. The molecule has 1 amide bonds. The molecule has 0 radical (unpaired) electrons. The van der Waals surface area contributed by atoms with Gasteiger partial charge in [-0.15, -0.1) is 0 Å². The van der Waals surface area contributed by atoms with E-state index in [1.807, 2.05) is 48.5 Å². The maximum atomic E-state index is 12.6. The van der Waals surface area contributed by atoms with E-state index in [9.17, 15) is 22.8 Å². The highest BCUT2D eigenvalue weighted by atomic mass is 19.4. The van der Waals surface area contributed by atoms with Crippen LogP contribution in [-0.2, 0) is 9.53 Å². The van der Waals surface area contributed by atoms with Crippen molar-refractivity contribution in [3.05, 3.63) is 59.7 Å². The van der Waals surface area contributed by atoms with Crippen LogP contribution in [0.25, 0.3) is 11.1 Å². The second kappa shape index (κ2) is 7.51. The van der Waals surface area contributed by atoms with Gasteiger partial charge in [0.2, 0.25) is 0 Å². The number of aliphatic carboxylic acids is 1. The first-order valence-corrected chi connectivity index (χ1v) is 8.29. The van der Waals surface area contributed by atoms with Crippen molar-refractivity contribution in [3.63, 3.8) is 0 Å². The molecule has 1 aliphatic carbocycles. The Labute approximate surface area is 157 Å². The number of carbonyl (C=O) groups is 2. The quantitative estimate of drug-likeness (QED) is 0.724. The highest BCUT2D eigenvalue weighted by Gasteiger charge is 2.47. The first kappa shape index (κ1) is 19.7. The van der Waals surface area contributed by atoms with Gasteiger partial charge in [0.15, 0.2) is 12.1 Å². The van der Waals surface area contributed by atoms with Crippen LogP contribution in [0.4, 0.5) is 18.0 Å². The second-order valence-corrected chi connectivity index (χ2v) is 6.27. The Balaban J connectivity index is 1.72. The van der Waals surface area contributed by atoms with Crippen molar-refractivity contribution >= 4 is 12.1 Å². The van der Waals surface area contributed by atoms with Gasteiger partial charge in [-0.2, -0.15) is 13.2 Å². The number of halogens is 3. The third-order valence-electron chi connectivity index (χ3n) is 4.53. The number of benzene rings is 2. The number of aliphatic hydroxyl groups excluding tert-OH is 1. The molecule has 0 aliphatic heterocycles. The SMILES string of the molecule is O=C(N[C@H](C(=O)O)[C@H](O)C(F)(F)F)OCC1c2ccccc2-c2ccccc21. The molecule has 0 saturated heterocycles. The predicted octanol–water partition coefficient (Wildman–Crippen LogP) is 2.90. The van der Waals surface area contributed by atoms with E-state index in [-0.39, 0.29) is 12.5 Å². The Bertz CT molecular complexity index is 854. The fourth-order valence-corrected chi connectivity index (χ4v) is 3.23.